The lowest BCUT2D eigenvalue weighted by Gasteiger charge is -2.10. The van der Waals surface area contributed by atoms with E-state index in [1.165, 1.54) is 7.11 Å². The predicted octanol–water partition coefficient (Wildman–Crippen LogP) is 1.93. The number of rotatable bonds is 6. The molecule has 10 nitrogen and oxygen atoms in total. The van der Waals surface area contributed by atoms with Gasteiger partial charge in [0, 0.05) is 17.6 Å². The summed E-state index contributed by atoms with van der Waals surface area (Å²) < 4.78 is 11.2. The minimum absolute atomic E-state index is 0.0902. The summed E-state index contributed by atoms with van der Waals surface area (Å²) in [6.45, 7) is 1.28. The van der Waals surface area contributed by atoms with E-state index in [1.807, 2.05) is 0 Å². The molecule has 2 N–H and O–H groups in total. The fraction of sp³-hybridized carbons (Fsp3) is 0.190. The summed E-state index contributed by atoms with van der Waals surface area (Å²) in [4.78, 5) is 48.7. The predicted molar refractivity (Wildman–Crippen MR) is 112 cm³/mol. The van der Waals surface area contributed by atoms with Crippen LogP contribution in [0.4, 0.5) is 10.5 Å². The van der Waals surface area contributed by atoms with Crippen molar-refractivity contribution in [3.63, 3.8) is 0 Å². The smallest absolute Gasteiger partial charge is 0.359 e. The molecule has 0 radical (unpaired) electrons. The molecule has 0 saturated carbocycles. The van der Waals surface area contributed by atoms with E-state index in [0.717, 1.165) is 4.68 Å². The zero-order valence-corrected chi connectivity index (χ0v) is 16.9. The lowest BCUT2D eigenvalue weighted by atomic mass is 10.1. The normalized spacial score (nSPS) is 10.4. The fourth-order valence-electron chi connectivity index (χ4n) is 2.80. The third kappa shape index (κ3) is 5.04. The second-order valence-corrected chi connectivity index (χ2v) is 6.32. The zero-order valence-electron chi connectivity index (χ0n) is 16.9. The van der Waals surface area contributed by atoms with E-state index < -0.39 is 24.5 Å². The van der Waals surface area contributed by atoms with Gasteiger partial charge in [-0.3, -0.25) is 14.9 Å². The molecule has 0 fully saturated rings. The van der Waals surface area contributed by atoms with Crippen molar-refractivity contribution in [2.24, 2.45) is 0 Å². The molecule has 3 aromatic rings. The number of nitrogens with zero attached hydrogens (tertiary/aromatic N) is 2. The number of esters is 1. The number of urea groups is 1. The number of benzene rings is 2. The number of carbonyl (C=O) groups excluding carboxylic acids is 3. The van der Waals surface area contributed by atoms with Crippen molar-refractivity contribution < 1.29 is 23.9 Å². The highest BCUT2D eigenvalue weighted by Gasteiger charge is 2.19. The average molecular weight is 424 g/mol. The van der Waals surface area contributed by atoms with E-state index in [-0.39, 0.29) is 17.8 Å². The van der Waals surface area contributed by atoms with Crippen LogP contribution in [0.25, 0.3) is 10.8 Å². The van der Waals surface area contributed by atoms with Crippen molar-refractivity contribution >= 4 is 34.4 Å². The van der Waals surface area contributed by atoms with Gasteiger partial charge >= 0.3 is 12.0 Å². The highest BCUT2D eigenvalue weighted by Crippen LogP contribution is 2.15. The van der Waals surface area contributed by atoms with E-state index in [2.05, 4.69) is 15.7 Å². The van der Waals surface area contributed by atoms with Gasteiger partial charge in [-0.05, 0) is 37.3 Å². The molecule has 0 bridgehead atoms. The van der Waals surface area contributed by atoms with Crippen LogP contribution in [0.15, 0.2) is 53.3 Å². The van der Waals surface area contributed by atoms with E-state index in [1.54, 1.807) is 55.5 Å². The Hall–Kier alpha value is -4.21. The van der Waals surface area contributed by atoms with Crippen LogP contribution in [-0.4, -0.2) is 41.4 Å². The number of hydrogen-bond donors (Lipinski definition) is 2. The van der Waals surface area contributed by atoms with Crippen LogP contribution < -0.4 is 20.9 Å². The van der Waals surface area contributed by atoms with Gasteiger partial charge in [0.2, 0.25) is 0 Å². The Morgan fingerprint density at radius 3 is 2.35 bits per heavy atom. The first-order valence-electron chi connectivity index (χ1n) is 9.34. The molecular weight excluding hydrogens is 404 g/mol. The SMILES string of the molecule is CCn1nc(C(=O)OCC(=O)NC(=O)Nc2ccc(OC)cc2)c2ccccc2c1=O. The molecule has 0 saturated heterocycles. The first kappa shape index (κ1) is 21.5. The van der Waals surface area contributed by atoms with Gasteiger partial charge in [0.25, 0.3) is 11.5 Å². The summed E-state index contributed by atoms with van der Waals surface area (Å²) in [5.74, 6) is -1.10. The third-order valence-electron chi connectivity index (χ3n) is 4.30. The zero-order chi connectivity index (χ0) is 22.4. The molecule has 10 heteroatoms. The second kappa shape index (κ2) is 9.53. The quantitative estimate of drug-likeness (QED) is 0.579. The van der Waals surface area contributed by atoms with Gasteiger partial charge in [0.05, 0.1) is 12.5 Å². The van der Waals surface area contributed by atoms with Crippen LogP contribution >= 0.6 is 0 Å². The molecular formula is C21H20N4O6. The van der Waals surface area contributed by atoms with Crippen molar-refractivity contribution in [2.45, 2.75) is 13.5 Å². The molecule has 0 unspecified atom stereocenters. The molecule has 1 aromatic heterocycles. The van der Waals surface area contributed by atoms with Gasteiger partial charge in [0.15, 0.2) is 12.3 Å². The maximum absolute atomic E-state index is 12.5. The summed E-state index contributed by atoms with van der Waals surface area (Å²) in [7, 11) is 1.52. The molecule has 3 amide bonds. The van der Waals surface area contributed by atoms with Crippen LogP contribution in [-0.2, 0) is 16.1 Å². The minimum atomic E-state index is -0.885. The Bertz CT molecular complexity index is 1190. The highest BCUT2D eigenvalue weighted by atomic mass is 16.5. The third-order valence-corrected chi connectivity index (χ3v) is 4.30. The van der Waals surface area contributed by atoms with Crippen LogP contribution in [0.2, 0.25) is 0 Å². The maximum Gasteiger partial charge on any atom is 0.359 e. The molecule has 160 valence electrons. The monoisotopic (exact) mass is 424 g/mol. The van der Waals surface area contributed by atoms with Crippen LogP contribution in [0.3, 0.4) is 0 Å². The van der Waals surface area contributed by atoms with Crippen molar-refractivity contribution in [3.05, 3.63) is 64.6 Å². The van der Waals surface area contributed by atoms with E-state index in [0.29, 0.717) is 22.2 Å². The number of hydrogen-bond acceptors (Lipinski definition) is 7. The number of aromatic nitrogens is 2. The number of aryl methyl sites for hydroxylation is 1. The Morgan fingerprint density at radius 1 is 1.03 bits per heavy atom. The average Bonchev–Trinajstić information content (AvgIpc) is 2.78. The van der Waals surface area contributed by atoms with E-state index in [4.69, 9.17) is 9.47 Å². The van der Waals surface area contributed by atoms with Crippen LogP contribution in [0.5, 0.6) is 5.75 Å². The van der Waals surface area contributed by atoms with Crippen molar-refractivity contribution in [1.82, 2.24) is 15.1 Å². The molecule has 31 heavy (non-hydrogen) atoms. The largest absolute Gasteiger partial charge is 0.497 e. The topological polar surface area (TPSA) is 129 Å². The Balaban J connectivity index is 1.62. The number of nitrogens with one attached hydrogen (secondary N) is 2. The number of anilines is 1. The Labute approximate surface area is 176 Å². The van der Waals surface area contributed by atoms with Crippen molar-refractivity contribution in [2.75, 3.05) is 19.0 Å². The van der Waals surface area contributed by atoms with Crippen LogP contribution in [0.1, 0.15) is 17.4 Å². The molecule has 1 heterocycles. The van der Waals surface area contributed by atoms with E-state index in [9.17, 15) is 19.2 Å². The fourth-order valence-corrected chi connectivity index (χ4v) is 2.80. The molecule has 0 aliphatic carbocycles. The van der Waals surface area contributed by atoms with Gasteiger partial charge in [-0.25, -0.2) is 14.3 Å². The number of fused-ring (bicyclic) bond motifs is 1. The number of methoxy groups -OCH3 is 1. The first-order chi connectivity index (χ1) is 14.9. The molecule has 0 spiro atoms. The highest BCUT2D eigenvalue weighted by molar-refractivity contribution is 6.04. The standard InChI is InChI=1S/C21H20N4O6/c1-3-25-19(27)16-7-5-4-6-15(16)18(24-25)20(28)31-12-17(26)23-21(29)22-13-8-10-14(30-2)11-9-13/h4-11H,3,12H2,1-2H3,(H2,22,23,26,29). The summed E-state index contributed by atoms with van der Waals surface area (Å²) in [5.41, 5.74) is 0.0238. The molecule has 0 aliphatic heterocycles. The molecule has 0 atom stereocenters. The molecule has 0 aliphatic rings. The summed E-state index contributed by atoms with van der Waals surface area (Å²) >= 11 is 0. The number of carbonyl (C=O) groups is 3. The summed E-state index contributed by atoms with van der Waals surface area (Å²) in [6, 6.07) is 12.2. The van der Waals surface area contributed by atoms with Crippen molar-refractivity contribution in [3.8, 4) is 5.75 Å². The maximum atomic E-state index is 12.5. The van der Waals surface area contributed by atoms with Gasteiger partial charge in [-0.15, -0.1) is 0 Å². The van der Waals surface area contributed by atoms with Crippen molar-refractivity contribution in [1.29, 1.82) is 0 Å². The summed E-state index contributed by atoms with van der Waals surface area (Å²) in [5, 5.41) is 9.20. The van der Waals surface area contributed by atoms with Gasteiger partial charge in [-0.1, -0.05) is 18.2 Å². The summed E-state index contributed by atoms with van der Waals surface area (Å²) in [6.07, 6.45) is 0. The Kier molecular flexibility index (Phi) is 6.61. The van der Waals surface area contributed by atoms with Gasteiger partial charge < -0.3 is 14.8 Å². The number of ether oxygens (including phenoxy) is 2. The van der Waals surface area contributed by atoms with Crippen LogP contribution in [0, 0.1) is 0 Å². The first-order valence-corrected chi connectivity index (χ1v) is 9.34. The molecule has 2 aromatic carbocycles. The molecule has 3 rings (SSSR count). The Morgan fingerprint density at radius 2 is 1.71 bits per heavy atom. The van der Waals surface area contributed by atoms with E-state index >= 15 is 0 Å². The van der Waals surface area contributed by atoms with Gasteiger partial charge in [0.1, 0.15) is 5.75 Å². The minimum Gasteiger partial charge on any atom is -0.497 e. The number of amides is 3. The second-order valence-electron chi connectivity index (χ2n) is 6.32. The lowest BCUT2D eigenvalue weighted by Crippen LogP contribution is -2.37. The number of imide groups is 1. The van der Waals surface area contributed by atoms with Gasteiger partial charge in [-0.2, -0.15) is 5.10 Å². The lowest BCUT2D eigenvalue weighted by molar-refractivity contribution is -0.123.